The lowest BCUT2D eigenvalue weighted by Crippen LogP contribution is -2.44. The number of ketones is 1. The number of fused-ring (bicyclic) bond motifs is 1. The third-order valence-electron chi connectivity index (χ3n) is 7.55. The zero-order valence-electron chi connectivity index (χ0n) is 25.9. The molecule has 46 heavy (non-hydrogen) atoms. The highest BCUT2D eigenvalue weighted by Gasteiger charge is 2.39. The van der Waals surface area contributed by atoms with Crippen molar-refractivity contribution in [3.05, 3.63) is 46.0 Å². The lowest BCUT2D eigenvalue weighted by atomic mass is 9.96. The van der Waals surface area contributed by atoms with Gasteiger partial charge in [0, 0.05) is 30.7 Å². The molecule has 3 heterocycles. The van der Waals surface area contributed by atoms with Crippen molar-refractivity contribution in [3.8, 4) is 11.8 Å². The lowest BCUT2D eigenvalue weighted by molar-refractivity contribution is -0.155. The van der Waals surface area contributed by atoms with Crippen LogP contribution in [-0.2, 0) is 19.1 Å². The van der Waals surface area contributed by atoms with Gasteiger partial charge in [0.1, 0.15) is 5.82 Å². The smallest absolute Gasteiger partial charge is 0.328 e. The molecule has 0 amide bonds. The first-order valence-corrected chi connectivity index (χ1v) is 14.8. The van der Waals surface area contributed by atoms with Crippen LogP contribution in [0.25, 0.3) is 10.9 Å². The Morgan fingerprint density at radius 1 is 0.957 bits per heavy atom. The molecule has 2 aliphatic rings. The van der Waals surface area contributed by atoms with E-state index in [4.69, 9.17) is 9.47 Å². The van der Waals surface area contributed by atoms with Crippen molar-refractivity contribution in [1.82, 2.24) is 19.5 Å². The maximum atomic E-state index is 15.6. The Labute approximate surface area is 262 Å². The fourth-order valence-corrected chi connectivity index (χ4v) is 5.14. The van der Waals surface area contributed by atoms with E-state index in [2.05, 4.69) is 29.8 Å². The van der Waals surface area contributed by atoms with E-state index in [1.807, 2.05) is 18.7 Å². The number of nitrogens with zero attached hydrogens (tertiary/aromatic N) is 7. The van der Waals surface area contributed by atoms with Gasteiger partial charge in [-0.3, -0.25) is 24.2 Å². The Morgan fingerprint density at radius 3 is 2.11 bits per heavy atom. The summed E-state index contributed by atoms with van der Waals surface area (Å²) in [6.07, 6.45) is 2.90. The van der Waals surface area contributed by atoms with Crippen LogP contribution in [0.3, 0.4) is 0 Å². The quantitative estimate of drug-likeness (QED) is 0.123. The van der Waals surface area contributed by atoms with Crippen LogP contribution in [-0.4, -0.2) is 90.9 Å². The SMILES string of the molecule is CCOc1cc(OCC)nc(N=NN2CCN(c3cc4c(cc3F)c(=O)c(C(=O)C(C(=O)OC)C(=O)OC)cn4C3CC3)CC2)n1. The van der Waals surface area contributed by atoms with Gasteiger partial charge in [0.25, 0.3) is 5.95 Å². The third kappa shape index (κ3) is 6.74. The van der Waals surface area contributed by atoms with Gasteiger partial charge in [0.05, 0.1) is 63.4 Å². The van der Waals surface area contributed by atoms with Crippen LogP contribution in [0, 0.1) is 11.7 Å². The largest absolute Gasteiger partial charge is 0.478 e. The second-order valence-electron chi connectivity index (χ2n) is 10.5. The number of benzene rings is 1. The summed E-state index contributed by atoms with van der Waals surface area (Å²) in [5.74, 6) is -5.30. The summed E-state index contributed by atoms with van der Waals surface area (Å²) in [6.45, 7) is 6.11. The summed E-state index contributed by atoms with van der Waals surface area (Å²) in [5, 5.41) is 10.1. The number of halogens is 1. The minimum atomic E-state index is -1.97. The van der Waals surface area contributed by atoms with Gasteiger partial charge in [-0.25, -0.2) is 4.39 Å². The number of esters is 2. The molecule has 1 saturated heterocycles. The van der Waals surface area contributed by atoms with E-state index in [1.165, 1.54) is 6.20 Å². The standard InChI is InChI=1S/C30H34FN7O8/c1-5-45-23-15-24(46-6-2)33-30(32-23)34-35-37-11-9-36(10-12-37)22-14-21-18(13-20(22)31)26(39)19(16-38(21)17-7-8-17)27(40)25(28(41)43-3)29(42)44-4/h13-17,25H,5-12H2,1-4H3. The average Bonchev–Trinajstić information content (AvgIpc) is 3.90. The molecule has 16 heteroatoms. The Balaban J connectivity index is 1.39. The van der Waals surface area contributed by atoms with E-state index in [1.54, 1.807) is 21.7 Å². The minimum absolute atomic E-state index is 0.0355. The van der Waals surface area contributed by atoms with Crippen LogP contribution in [0.15, 0.2) is 39.5 Å². The maximum absolute atomic E-state index is 15.6. The molecule has 0 bridgehead atoms. The van der Waals surface area contributed by atoms with Crippen molar-refractivity contribution in [2.45, 2.75) is 32.7 Å². The molecule has 1 aromatic carbocycles. The number of carbonyl (C=O) groups is 3. The zero-order chi connectivity index (χ0) is 33.0. The number of Topliss-reactive ketones (excluding diaryl/α,β-unsaturated/α-hetero) is 1. The molecule has 0 radical (unpaired) electrons. The first-order chi connectivity index (χ1) is 22.2. The number of carbonyl (C=O) groups excluding carboxylic acids is 3. The summed E-state index contributed by atoms with van der Waals surface area (Å²) in [6, 6.07) is 4.23. The van der Waals surface area contributed by atoms with Gasteiger partial charge in [0.15, 0.2) is 11.2 Å². The molecule has 244 valence electrons. The van der Waals surface area contributed by atoms with Crippen LogP contribution >= 0.6 is 0 Å². The summed E-state index contributed by atoms with van der Waals surface area (Å²) >= 11 is 0. The molecule has 2 fully saturated rings. The van der Waals surface area contributed by atoms with Gasteiger partial charge >= 0.3 is 11.9 Å². The van der Waals surface area contributed by atoms with E-state index in [9.17, 15) is 19.2 Å². The summed E-state index contributed by atoms with van der Waals surface area (Å²) in [5.41, 5.74) is -0.497. The first-order valence-electron chi connectivity index (χ1n) is 14.8. The number of piperazine rings is 1. The highest BCUT2D eigenvalue weighted by molar-refractivity contribution is 6.21. The summed E-state index contributed by atoms with van der Waals surface area (Å²) < 4.78 is 37.5. The molecule has 0 N–H and O–H groups in total. The van der Waals surface area contributed by atoms with Gasteiger partial charge in [0.2, 0.25) is 17.7 Å². The van der Waals surface area contributed by atoms with Crippen molar-refractivity contribution in [1.29, 1.82) is 0 Å². The van der Waals surface area contributed by atoms with Crippen LogP contribution in [0.5, 0.6) is 11.8 Å². The molecule has 3 aromatic rings. The molecule has 5 rings (SSSR count). The fourth-order valence-electron chi connectivity index (χ4n) is 5.14. The van der Waals surface area contributed by atoms with E-state index < -0.39 is 40.4 Å². The molecule has 0 spiro atoms. The van der Waals surface area contributed by atoms with Crippen molar-refractivity contribution >= 4 is 40.3 Å². The van der Waals surface area contributed by atoms with Crippen LogP contribution in [0.2, 0.25) is 0 Å². The number of methoxy groups -OCH3 is 2. The second-order valence-corrected chi connectivity index (χ2v) is 10.5. The molecule has 15 nitrogen and oxygen atoms in total. The molecule has 2 aromatic heterocycles. The molecular formula is C30H34FN7O8. The molecule has 1 aliphatic carbocycles. The Hall–Kier alpha value is -5.15. The molecule has 0 unspecified atom stereocenters. The number of aromatic nitrogens is 3. The lowest BCUT2D eigenvalue weighted by Gasteiger charge is -2.34. The number of rotatable bonds is 12. The zero-order valence-corrected chi connectivity index (χ0v) is 25.9. The Bertz CT molecular complexity index is 1690. The normalized spacial score (nSPS) is 15.0. The topological polar surface area (TPSA) is 167 Å². The van der Waals surface area contributed by atoms with Crippen molar-refractivity contribution in [3.63, 3.8) is 0 Å². The molecular weight excluding hydrogens is 605 g/mol. The molecule has 0 atom stereocenters. The number of pyridine rings is 1. The first kappa shape index (κ1) is 32.2. The van der Waals surface area contributed by atoms with Crippen molar-refractivity contribution in [2.75, 3.05) is 58.5 Å². The molecule has 1 saturated carbocycles. The van der Waals surface area contributed by atoms with E-state index in [0.717, 1.165) is 33.1 Å². The van der Waals surface area contributed by atoms with E-state index in [-0.39, 0.29) is 23.1 Å². The number of hydrogen-bond donors (Lipinski definition) is 0. The van der Waals surface area contributed by atoms with Crippen LogP contribution in [0.4, 0.5) is 16.0 Å². The van der Waals surface area contributed by atoms with Crippen molar-refractivity contribution < 1.29 is 37.7 Å². The minimum Gasteiger partial charge on any atom is -0.478 e. The highest BCUT2D eigenvalue weighted by atomic mass is 19.1. The number of ether oxygens (including phenoxy) is 4. The third-order valence-corrected chi connectivity index (χ3v) is 7.55. The highest BCUT2D eigenvalue weighted by Crippen LogP contribution is 2.38. The van der Waals surface area contributed by atoms with Crippen LogP contribution < -0.4 is 19.8 Å². The van der Waals surface area contributed by atoms with Gasteiger partial charge in [-0.2, -0.15) is 9.97 Å². The summed E-state index contributed by atoms with van der Waals surface area (Å²) in [7, 11) is 2.03. The predicted octanol–water partition coefficient (Wildman–Crippen LogP) is 3.03. The van der Waals surface area contributed by atoms with E-state index in [0.29, 0.717) is 56.7 Å². The fraction of sp³-hybridized carbons (Fsp3) is 0.467. The molecule has 1 aliphatic heterocycles. The second kappa shape index (κ2) is 13.9. The maximum Gasteiger partial charge on any atom is 0.328 e. The van der Waals surface area contributed by atoms with Crippen LogP contribution in [0.1, 0.15) is 43.1 Å². The van der Waals surface area contributed by atoms with Gasteiger partial charge < -0.3 is 28.4 Å². The summed E-state index contributed by atoms with van der Waals surface area (Å²) in [4.78, 5) is 61.6. The Morgan fingerprint density at radius 2 is 1.57 bits per heavy atom. The van der Waals surface area contributed by atoms with Gasteiger partial charge in [-0.05, 0) is 38.8 Å². The van der Waals surface area contributed by atoms with Crippen molar-refractivity contribution in [2.24, 2.45) is 16.3 Å². The van der Waals surface area contributed by atoms with Gasteiger partial charge in [-0.1, -0.05) is 10.3 Å². The van der Waals surface area contributed by atoms with Gasteiger partial charge in [-0.15, -0.1) is 0 Å². The Kier molecular flexibility index (Phi) is 9.72. The number of hydrogen-bond acceptors (Lipinski definition) is 13. The predicted molar refractivity (Wildman–Crippen MR) is 161 cm³/mol. The monoisotopic (exact) mass is 639 g/mol. The number of anilines is 1. The average molecular weight is 640 g/mol. The van der Waals surface area contributed by atoms with E-state index >= 15 is 4.39 Å².